The van der Waals surface area contributed by atoms with Crippen molar-refractivity contribution < 1.29 is 4.74 Å². The van der Waals surface area contributed by atoms with Crippen LogP contribution in [0.4, 0.5) is 0 Å². The molecule has 1 rings (SSSR count). The second kappa shape index (κ2) is 5.66. The van der Waals surface area contributed by atoms with Gasteiger partial charge in [0.1, 0.15) is 5.75 Å². The minimum Gasteiger partial charge on any atom is -0.494 e. The molecule has 2 heteroatoms. The topological polar surface area (TPSA) is 35.2 Å². The van der Waals surface area contributed by atoms with Gasteiger partial charge in [0.25, 0.3) is 0 Å². The van der Waals surface area contributed by atoms with Crippen molar-refractivity contribution in [3.63, 3.8) is 0 Å². The van der Waals surface area contributed by atoms with Crippen LogP contribution in [-0.2, 0) is 6.42 Å². The van der Waals surface area contributed by atoms with E-state index < -0.39 is 0 Å². The fourth-order valence-electron chi connectivity index (χ4n) is 1.40. The molecule has 0 aliphatic carbocycles. The molecule has 0 aromatic heterocycles. The van der Waals surface area contributed by atoms with E-state index in [9.17, 15) is 0 Å². The van der Waals surface area contributed by atoms with E-state index in [0.717, 1.165) is 18.6 Å². The lowest BCUT2D eigenvalue weighted by atomic mass is 10.0. The minimum absolute atomic E-state index is 0.233. The van der Waals surface area contributed by atoms with Crippen molar-refractivity contribution >= 4 is 0 Å². The quantitative estimate of drug-likeness (QED) is 0.779. The molecule has 14 heavy (non-hydrogen) atoms. The van der Waals surface area contributed by atoms with E-state index in [1.165, 1.54) is 5.56 Å². The van der Waals surface area contributed by atoms with Crippen LogP contribution in [0.2, 0.25) is 0 Å². The van der Waals surface area contributed by atoms with Crippen LogP contribution in [0.15, 0.2) is 24.3 Å². The van der Waals surface area contributed by atoms with Gasteiger partial charge in [-0.15, -0.1) is 0 Å². The summed E-state index contributed by atoms with van der Waals surface area (Å²) in [7, 11) is 0. The maximum Gasteiger partial charge on any atom is 0.122 e. The normalized spacial score (nSPS) is 12.5. The molecule has 0 radical (unpaired) electrons. The molecule has 0 unspecified atom stereocenters. The van der Waals surface area contributed by atoms with Crippen LogP contribution in [-0.4, -0.2) is 12.6 Å². The Balaban J connectivity index is 2.73. The first-order chi connectivity index (χ1) is 6.77. The SMILES string of the molecule is CCOc1ccccc1C[C@H](N)CC. The molecule has 0 aliphatic rings. The number of nitrogens with two attached hydrogens (primary N) is 1. The average molecular weight is 193 g/mol. The first kappa shape index (κ1) is 11.1. The fraction of sp³-hybridized carbons (Fsp3) is 0.500. The number of rotatable bonds is 5. The first-order valence-electron chi connectivity index (χ1n) is 5.24. The van der Waals surface area contributed by atoms with Crippen LogP contribution in [0, 0.1) is 0 Å². The standard InChI is InChI=1S/C12H19NO/c1-3-11(13)9-10-7-5-6-8-12(10)14-4-2/h5-8,11H,3-4,9,13H2,1-2H3/t11-/m1/s1. The molecule has 0 saturated carbocycles. The highest BCUT2D eigenvalue weighted by molar-refractivity contribution is 5.33. The van der Waals surface area contributed by atoms with Gasteiger partial charge >= 0.3 is 0 Å². The summed E-state index contributed by atoms with van der Waals surface area (Å²) in [5.74, 6) is 0.971. The Morgan fingerprint density at radius 3 is 2.64 bits per heavy atom. The van der Waals surface area contributed by atoms with Gasteiger partial charge in [-0.3, -0.25) is 0 Å². The smallest absolute Gasteiger partial charge is 0.122 e. The van der Waals surface area contributed by atoms with Crippen LogP contribution >= 0.6 is 0 Å². The van der Waals surface area contributed by atoms with Crippen molar-refractivity contribution in [1.29, 1.82) is 0 Å². The Morgan fingerprint density at radius 1 is 1.29 bits per heavy atom. The van der Waals surface area contributed by atoms with Gasteiger partial charge in [0.05, 0.1) is 6.61 Å². The summed E-state index contributed by atoms with van der Waals surface area (Å²) in [4.78, 5) is 0. The fourth-order valence-corrected chi connectivity index (χ4v) is 1.40. The van der Waals surface area contributed by atoms with Gasteiger partial charge in [-0.1, -0.05) is 25.1 Å². The van der Waals surface area contributed by atoms with Gasteiger partial charge in [-0.05, 0) is 31.4 Å². The third kappa shape index (κ3) is 3.04. The second-order valence-corrected chi connectivity index (χ2v) is 3.41. The Kier molecular flexibility index (Phi) is 4.47. The lowest BCUT2D eigenvalue weighted by molar-refractivity contribution is 0.335. The lowest BCUT2D eigenvalue weighted by Crippen LogP contribution is -2.21. The van der Waals surface area contributed by atoms with Gasteiger partial charge in [0, 0.05) is 6.04 Å². The molecular formula is C12H19NO. The number of hydrogen-bond acceptors (Lipinski definition) is 2. The van der Waals surface area contributed by atoms with E-state index in [4.69, 9.17) is 10.5 Å². The molecule has 0 bridgehead atoms. The van der Waals surface area contributed by atoms with Crippen molar-refractivity contribution in [3.8, 4) is 5.75 Å². The van der Waals surface area contributed by atoms with Crippen LogP contribution < -0.4 is 10.5 Å². The van der Waals surface area contributed by atoms with Crippen LogP contribution in [0.25, 0.3) is 0 Å². The molecule has 0 heterocycles. The van der Waals surface area contributed by atoms with E-state index in [1.807, 2.05) is 25.1 Å². The van der Waals surface area contributed by atoms with Crippen molar-refractivity contribution in [2.24, 2.45) is 5.73 Å². The molecule has 1 atom stereocenters. The highest BCUT2D eigenvalue weighted by Gasteiger charge is 2.06. The molecule has 2 nitrogen and oxygen atoms in total. The summed E-state index contributed by atoms with van der Waals surface area (Å²) in [6.45, 7) is 4.81. The minimum atomic E-state index is 0.233. The Bertz CT molecular complexity index is 273. The van der Waals surface area contributed by atoms with Gasteiger partial charge < -0.3 is 10.5 Å². The summed E-state index contributed by atoms with van der Waals surface area (Å²) < 4.78 is 5.53. The van der Waals surface area contributed by atoms with E-state index in [2.05, 4.69) is 13.0 Å². The number of ether oxygens (including phenoxy) is 1. The van der Waals surface area contributed by atoms with Crippen LogP contribution in [0.1, 0.15) is 25.8 Å². The summed E-state index contributed by atoms with van der Waals surface area (Å²) in [6, 6.07) is 8.34. The zero-order chi connectivity index (χ0) is 10.4. The lowest BCUT2D eigenvalue weighted by Gasteiger charge is -2.13. The zero-order valence-corrected chi connectivity index (χ0v) is 8.99. The van der Waals surface area contributed by atoms with Crippen LogP contribution in [0.3, 0.4) is 0 Å². The number of hydrogen-bond donors (Lipinski definition) is 1. The van der Waals surface area contributed by atoms with Crippen LogP contribution in [0.5, 0.6) is 5.75 Å². The van der Waals surface area contributed by atoms with Crippen molar-refractivity contribution in [2.45, 2.75) is 32.7 Å². The first-order valence-corrected chi connectivity index (χ1v) is 5.24. The Labute approximate surface area is 86.1 Å². The molecule has 1 aromatic rings. The maximum atomic E-state index is 5.91. The largest absolute Gasteiger partial charge is 0.494 e. The van der Waals surface area contributed by atoms with E-state index in [-0.39, 0.29) is 6.04 Å². The van der Waals surface area contributed by atoms with E-state index in [0.29, 0.717) is 6.61 Å². The Hall–Kier alpha value is -1.02. The predicted octanol–water partition coefficient (Wildman–Crippen LogP) is 2.37. The summed E-state index contributed by atoms with van der Waals surface area (Å²) in [6.07, 6.45) is 1.90. The van der Waals surface area contributed by atoms with Gasteiger partial charge in [0.2, 0.25) is 0 Å². The molecule has 2 N–H and O–H groups in total. The molecule has 1 aromatic carbocycles. The van der Waals surface area contributed by atoms with Gasteiger partial charge in [-0.2, -0.15) is 0 Å². The molecule has 0 saturated heterocycles. The highest BCUT2D eigenvalue weighted by Crippen LogP contribution is 2.19. The van der Waals surface area contributed by atoms with Gasteiger partial charge in [0.15, 0.2) is 0 Å². The maximum absolute atomic E-state index is 5.91. The molecule has 0 spiro atoms. The summed E-state index contributed by atoms with van der Waals surface area (Å²) in [5, 5.41) is 0. The Morgan fingerprint density at radius 2 is 2.00 bits per heavy atom. The zero-order valence-electron chi connectivity index (χ0n) is 8.99. The number of para-hydroxylation sites is 1. The van der Waals surface area contributed by atoms with E-state index in [1.54, 1.807) is 0 Å². The molecule has 0 fully saturated rings. The molecular weight excluding hydrogens is 174 g/mol. The summed E-state index contributed by atoms with van der Waals surface area (Å²) in [5.41, 5.74) is 7.13. The van der Waals surface area contributed by atoms with Crippen molar-refractivity contribution in [3.05, 3.63) is 29.8 Å². The monoisotopic (exact) mass is 193 g/mol. The average Bonchev–Trinajstić information content (AvgIpc) is 2.21. The van der Waals surface area contributed by atoms with Crippen molar-refractivity contribution in [1.82, 2.24) is 0 Å². The number of benzene rings is 1. The highest BCUT2D eigenvalue weighted by atomic mass is 16.5. The third-order valence-electron chi connectivity index (χ3n) is 2.28. The molecule has 0 aliphatic heterocycles. The molecule has 0 amide bonds. The molecule has 78 valence electrons. The van der Waals surface area contributed by atoms with E-state index >= 15 is 0 Å². The van der Waals surface area contributed by atoms with Crippen molar-refractivity contribution in [2.75, 3.05) is 6.61 Å². The summed E-state index contributed by atoms with van der Waals surface area (Å²) >= 11 is 0. The second-order valence-electron chi connectivity index (χ2n) is 3.41. The van der Waals surface area contributed by atoms with Gasteiger partial charge in [-0.25, -0.2) is 0 Å². The predicted molar refractivity (Wildman–Crippen MR) is 59.6 cm³/mol. The third-order valence-corrected chi connectivity index (χ3v) is 2.28.